The Balaban J connectivity index is 1.28. The molecular formula is C45H68O12. The molecule has 14 unspecified atom stereocenters. The Kier molecular flexibility index (Phi) is 12.0. The van der Waals surface area contributed by atoms with E-state index < -0.39 is 71.7 Å². The highest BCUT2D eigenvalue weighted by Crippen LogP contribution is 2.77. The third-order valence-electron chi connectivity index (χ3n) is 15.9. The standard InChI is InChI=1S/C45H68O12/c1-26(14-13-19-40(6,7)50-12)31-17-20-43(11)33-18-21-45-34(44(33,25-52-45)23-22-42(31,43)10)15-16-35(41(45,8)9)57-39-38(55-30(5)49)37(54-29(4)48)36(53-28(3)47)32(56-39)24-51-27(2)46/h13,18-19,21,26,31-39H,14-17,20,22-25H2,1-12H3. The van der Waals surface area contributed by atoms with Crippen molar-refractivity contribution in [1.29, 1.82) is 0 Å². The maximum Gasteiger partial charge on any atom is 0.303 e. The molecule has 2 aliphatic heterocycles. The Bertz CT molecular complexity index is 1620. The molecule has 0 N–H and O–H groups in total. The molecule has 5 fully saturated rings. The van der Waals surface area contributed by atoms with E-state index in [1.165, 1.54) is 40.5 Å². The van der Waals surface area contributed by atoms with Gasteiger partial charge in [-0.05, 0) is 87.4 Å². The molecule has 0 aromatic rings. The zero-order valence-electron chi connectivity index (χ0n) is 36.3. The molecule has 14 atom stereocenters. The number of carbonyl (C=O) groups is 4. The second-order valence-corrected chi connectivity index (χ2v) is 19.6. The van der Waals surface area contributed by atoms with Gasteiger partial charge in [0.15, 0.2) is 24.6 Å². The molecule has 57 heavy (non-hydrogen) atoms. The SMILES string of the molecule is COC(C)(C)C=CCC(C)C1CCC2(C)C3C=CC45OCC3(CCC12C)C4CCC(OC1OC(COC(C)=O)C(OC(C)=O)C(OC(C)=O)C1OC(C)=O)C5(C)C. The van der Waals surface area contributed by atoms with Gasteiger partial charge in [0.25, 0.3) is 0 Å². The van der Waals surface area contributed by atoms with Crippen LogP contribution in [0, 0.1) is 45.3 Å². The van der Waals surface area contributed by atoms with Gasteiger partial charge in [0.05, 0.1) is 23.9 Å². The van der Waals surface area contributed by atoms with Crippen molar-refractivity contribution in [2.24, 2.45) is 45.3 Å². The monoisotopic (exact) mass is 800 g/mol. The molecule has 6 rings (SSSR count). The summed E-state index contributed by atoms with van der Waals surface area (Å²) in [6.07, 6.45) is 10.1. The van der Waals surface area contributed by atoms with Crippen LogP contribution in [0.1, 0.15) is 121 Å². The van der Waals surface area contributed by atoms with E-state index in [1.54, 1.807) is 7.11 Å². The summed E-state index contributed by atoms with van der Waals surface area (Å²) in [6.45, 7) is 21.4. The lowest BCUT2D eigenvalue weighted by Gasteiger charge is -2.65. The number of rotatable bonds is 12. The lowest BCUT2D eigenvalue weighted by Crippen LogP contribution is -2.67. The highest BCUT2D eigenvalue weighted by Gasteiger charge is 2.76. The molecule has 1 spiro atoms. The number of fused-ring (bicyclic) bond motifs is 2. The molecule has 0 radical (unpaired) electrons. The molecule has 3 saturated carbocycles. The highest BCUT2D eigenvalue weighted by molar-refractivity contribution is 5.68. The van der Waals surface area contributed by atoms with Crippen LogP contribution in [0.3, 0.4) is 0 Å². The third-order valence-corrected chi connectivity index (χ3v) is 15.9. The Morgan fingerprint density at radius 1 is 0.842 bits per heavy atom. The van der Waals surface area contributed by atoms with Gasteiger partial charge in [0.1, 0.15) is 12.7 Å². The van der Waals surface area contributed by atoms with Crippen molar-refractivity contribution in [3.63, 3.8) is 0 Å². The van der Waals surface area contributed by atoms with Gasteiger partial charge in [0, 0.05) is 51.6 Å². The van der Waals surface area contributed by atoms with Gasteiger partial charge >= 0.3 is 23.9 Å². The van der Waals surface area contributed by atoms with Gasteiger partial charge in [0.2, 0.25) is 0 Å². The Morgan fingerprint density at radius 2 is 1.49 bits per heavy atom. The van der Waals surface area contributed by atoms with Gasteiger partial charge in [-0.25, -0.2) is 0 Å². The summed E-state index contributed by atoms with van der Waals surface area (Å²) in [5.41, 5.74) is -1.13. The van der Waals surface area contributed by atoms with Crippen molar-refractivity contribution in [3.05, 3.63) is 24.3 Å². The molecule has 2 bridgehead atoms. The van der Waals surface area contributed by atoms with E-state index in [1.807, 2.05) is 0 Å². The fourth-order valence-electron chi connectivity index (χ4n) is 12.7. The number of hydrogen-bond donors (Lipinski definition) is 0. The fraction of sp³-hybridized carbons (Fsp3) is 0.822. The average Bonchev–Trinajstić information content (AvgIpc) is 3.51. The molecule has 0 amide bonds. The minimum Gasteiger partial charge on any atom is -0.463 e. The second-order valence-electron chi connectivity index (χ2n) is 19.6. The van der Waals surface area contributed by atoms with E-state index in [0.29, 0.717) is 30.8 Å². The van der Waals surface area contributed by atoms with E-state index in [2.05, 4.69) is 72.8 Å². The van der Waals surface area contributed by atoms with Gasteiger partial charge in [-0.2, -0.15) is 0 Å². The molecule has 6 aliphatic rings. The largest absolute Gasteiger partial charge is 0.463 e. The van der Waals surface area contributed by atoms with Crippen LogP contribution in [0.15, 0.2) is 24.3 Å². The summed E-state index contributed by atoms with van der Waals surface area (Å²) < 4.78 is 48.5. The van der Waals surface area contributed by atoms with Gasteiger partial charge < -0.3 is 37.9 Å². The van der Waals surface area contributed by atoms with Crippen molar-refractivity contribution in [2.45, 2.75) is 169 Å². The molecular weight excluding hydrogens is 732 g/mol. The summed E-state index contributed by atoms with van der Waals surface area (Å²) in [4.78, 5) is 49.2. The van der Waals surface area contributed by atoms with Crippen LogP contribution in [-0.2, 0) is 57.1 Å². The number of allylic oxidation sites excluding steroid dienone is 2. The van der Waals surface area contributed by atoms with Crippen LogP contribution in [0.25, 0.3) is 0 Å². The van der Waals surface area contributed by atoms with Gasteiger partial charge in [-0.15, -0.1) is 0 Å². The van der Waals surface area contributed by atoms with Crippen molar-refractivity contribution in [1.82, 2.24) is 0 Å². The van der Waals surface area contributed by atoms with E-state index in [-0.39, 0.29) is 34.4 Å². The Labute approximate surface area is 339 Å². The molecule has 12 heteroatoms. The minimum absolute atomic E-state index is 0.000181. The number of carbonyl (C=O) groups excluding carboxylic acids is 4. The predicted octanol–water partition coefficient (Wildman–Crippen LogP) is 7.06. The molecule has 4 aliphatic carbocycles. The van der Waals surface area contributed by atoms with Crippen LogP contribution in [0.2, 0.25) is 0 Å². The number of hydrogen-bond acceptors (Lipinski definition) is 12. The maximum atomic E-state index is 12.5. The van der Waals surface area contributed by atoms with Crippen LogP contribution in [0.5, 0.6) is 0 Å². The van der Waals surface area contributed by atoms with Crippen molar-refractivity contribution in [2.75, 3.05) is 20.3 Å². The molecule has 12 nitrogen and oxygen atoms in total. The first-order valence-electron chi connectivity index (χ1n) is 21.1. The Morgan fingerprint density at radius 3 is 2.12 bits per heavy atom. The predicted molar refractivity (Wildman–Crippen MR) is 209 cm³/mol. The summed E-state index contributed by atoms with van der Waals surface area (Å²) in [5, 5.41) is 0. The first kappa shape index (κ1) is 43.8. The van der Waals surface area contributed by atoms with Crippen LogP contribution >= 0.6 is 0 Å². The fourth-order valence-corrected chi connectivity index (χ4v) is 12.7. The lowest BCUT2D eigenvalue weighted by molar-refractivity contribution is -0.333. The smallest absolute Gasteiger partial charge is 0.303 e. The molecule has 0 aromatic carbocycles. The number of ether oxygens (including phenoxy) is 8. The van der Waals surface area contributed by atoms with Crippen LogP contribution in [-0.4, -0.2) is 92.2 Å². The van der Waals surface area contributed by atoms with E-state index >= 15 is 0 Å². The van der Waals surface area contributed by atoms with Crippen LogP contribution < -0.4 is 0 Å². The maximum absolute atomic E-state index is 12.5. The van der Waals surface area contributed by atoms with E-state index in [4.69, 9.17) is 37.9 Å². The Hall–Kier alpha value is -2.80. The average molecular weight is 801 g/mol. The van der Waals surface area contributed by atoms with Gasteiger partial charge in [-0.1, -0.05) is 58.9 Å². The minimum atomic E-state index is -1.29. The normalized spacial score (nSPS) is 42.4. The second kappa shape index (κ2) is 15.7. The quantitative estimate of drug-likeness (QED) is 0.113. The summed E-state index contributed by atoms with van der Waals surface area (Å²) in [6, 6.07) is 0. The molecule has 0 aromatic heterocycles. The first-order valence-corrected chi connectivity index (χ1v) is 21.1. The topological polar surface area (TPSA) is 142 Å². The summed E-state index contributed by atoms with van der Waals surface area (Å²) in [7, 11) is 1.76. The lowest BCUT2D eigenvalue weighted by atomic mass is 9.38. The highest BCUT2D eigenvalue weighted by atomic mass is 16.7. The van der Waals surface area contributed by atoms with Crippen LogP contribution in [0.4, 0.5) is 0 Å². The zero-order chi connectivity index (χ0) is 41.9. The zero-order valence-corrected chi connectivity index (χ0v) is 36.3. The van der Waals surface area contributed by atoms with Crippen molar-refractivity contribution >= 4 is 23.9 Å². The summed E-state index contributed by atoms with van der Waals surface area (Å²) >= 11 is 0. The number of esters is 4. The van der Waals surface area contributed by atoms with Crippen molar-refractivity contribution < 1.29 is 57.1 Å². The summed E-state index contributed by atoms with van der Waals surface area (Å²) in [5.74, 6) is -0.747. The third kappa shape index (κ3) is 7.41. The first-order chi connectivity index (χ1) is 26.6. The van der Waals surface area contributed by atoms with E-state index in [9.17, 15) is 19.2 Å². The molecule has 2 saturated heterocycles. The number of methoxy groups -OCH3 is 1. The van der Waals surface area contributed by atoms with Crippen molar-refractivity contribution in [3.8, 4) is 0 Å². The molecule has 320 valence electrons. The van der Waals surface area contributed by atoms with Gasteiger partial charge in [-0.3, -0.25) is 19.2 Å². The van der Waals surface area contributed by atoms with E-state index in [0.717, 1.165) is 25.7 Å². The molecule has 2 heterocycles.